The summed E-state index contributed by atoms with van der Waals surface area (Å²) in [5.41, 5.74) is 0. The van der Waals surface area contributed by atoms with Gasteiger partial charge in [-0.3, -0.25) is 4.79 Å². The van der Waals surface area contributed by atoms with E-state index in [4.69, 9.17) is 0 Å². The van der Waals surface area contributed by atoms with Crippen molar-refractivity contribution in [1.29, 1.82) is 0 Å². The first-order valence-electron chi connectivity index (χ1n) is 6.45. The number of hydrogen-bond acceptors (Lipinski definition) is 4. The van der Waals surface area contributed by atoms with Gasteiger partial charge in [0.1, 0.15) is 6.04 Å². The zero-order chi connectivity index (χ0) is 14.2. The molecule has 2 rings (SSSR count). The second-order valence-electron chi connectivity index (χ2n) is 5.49. The van der Waals surface area contributed by atoms with Crippen molar-refractivity contribution in [3.63, 3.8) is 0 Å². The van der Waals surface area contributed by atoms with Crippen LogP contribution in [0.5, 0.6) is 0 Å². The minimum atomic E-state index is -3.72. The van der Waals surface area contributed by atoms with Gasteiger partial charge in [0.2, 0.25) is 0 Å². The topological polar surface area (TPSA) is 86.7 Å². The van der Waals surface area contributed by atoms with Crippen molar-refractivity contribution in [1.82, 2.24) is 9.03 Å². The number of aliphatic carboxylic acids is 1. The summed E-state index contributed by atoms with van der Waals surface area (Å²) in [5.74, 6) is -0.234. The maximum Gasteiger partial charge on any atom is 0.322 e. The van der Waals surface area contributed by atoms with Gasteiger partial charge < -0.3 is 5.11 Å². The summed E-state index contributed by atoms with van der Waals surface area (Å²) < 4.78 is 28.4. The van der Waals surface area contributed by atoms with Gasteiger partial charge in [-0.15, -0.1) is 11.8 Å². The van der Waals surface area contributed by atoms with Crippen LogP contribution < -0.4 is 4.72 Å². The highest BCUT2D eigenvalue weighted by Gasteiger charge is 2.51. The molecule has 0 spiro atoms. The molecule has 2 unspecified atom stereocenters. The Balaban J connectivity index is 2.17. The first kappa shape index (κ1) is 15.1. The molecular formula is C11H20N2O4S2. The largest absolute Gasteiger partial charge is 0.480 e. The van der Waals surface area contributed by atoms with Gasteiger partial charge in [-0.05, 0) is 24.7 Å². The number of thioether (sulfide) groups is 1. The summed E-state index contributed by atoms with van der Waals surface area (Å²) in [7, 11) is -3.72. The Bertz CT molecular complexity index is 448. The van der Waals surface area contributed by atoms with E-state index in [9.17, 15) is 18.3 Å². The number of carboxylic acids is 1. The fourth-order valence-electron chi connectivity index (χ4n) is 2.07. The highest BCUT2D eigenvalue weighted by molar-refractivity contribution is 8.01. The highest BCUT2D eigenvalue weighted by Crippen LogP contribution is 2.46. The molecule has 1 heterocycles. The lowest BCUT2D eigenvalue weighted by molar-refractivity contribution is -0.140. The van der Waals surface area contributed by atoms with Gasteiger partial charge in [0.05, 0.1) is 5.37 Å². The van der Waals surface area contributed by atoms with E-state index in [2.05, 4.69) is 4.72 Å². The van der Waals surface area contributed by atoms with Gasteiger partial charge in [0.15, 0.2) is 0 Å². The molecule has 19 heavy (non-hydrogen) atoms. The predicted molar refractivity (Wildman–Crippen MR) is 74.0 cm³/mol. The van der Waals surface area contributed by atoms with Gasteiger partial charge in [0, 0.05) is 12.3 Å². The molecule has 2 N–H and O–H groups in total. The van der Waals surface area contributed by atoms with E-state index in [-0.39, 0.29) is 11.3 Å². The smallest absolute Gasteiger partial charge is 0.322 e. The standard InChI is InChI=1S/C11H20N2O4S2/c1-7(2)5-12-19(16,17)13-9(11(14)15)6-18-10(13)8-3-4-8/h7-10,12H,3-6H2,1-2H3,(H,14,15). The molecule has 0 radical (unpaired) electrons. The van der Waals surface area contributed by atoms with Crippen molar-refractivity contribution in [2.75, 3.05) is 12.3 Å². The van der Waals surface area contributed by atoms with Crippen LogP contribution in [0.25, 0.3) is 0 Å². The monoisotopic (exact) mass is 308 g/mol. The molecule has 2 fully saturated rings. The summed E-state index contributed by atoms with van der Waals surface area (Å²) in [6.07, 6.45) is 1.97. The molecule has 0 aromatic carbocycles. The lowest BCUT2D eigenvalue weighted by Crippen LogP contribution is -2.51. The number of rotatable bonds is 6. The summed E-state index contributed by atoms with van der Waals surface area (Å²) in [6, 6.07) is -0.944. The average Bonchev–Trinajstić information content (AvgIpc) is 3.04. The van der Waals surface area contributed by atoms with Crippen molar-refractivity contribution in [3.05, 3.63) is 0 Å². The van der Waals surface area contributed by atoms with Gasteiger partial charge >= 0.3 is 5.97 Å². The van der Waals surface area contributed by atoms with Crippen LogP contribution in [0.15, 0.2) is 0 Å². The second-order valence-corrected chi connectivity index (χ2v) is 8.30. The summed E-state index contributed by atoms with van der Waals surface area (Å²) in [5, 5.41) is 8.98. The zero-order valence-electron chi connectivity index (χ0n) is 11.1. The lowest BCUT2D eigenvalue weighted by Gasteiger charge is -2.26. The minimum absolute atomic E-state index is 0.188. The molecule has 1 aliphatic heterocycles. The highest BCUT2D eigenvalue weighted by atomic mass is 32.2. The molecule has 6 nitrogen and oxygen atoms in total. The Morgan fingerprint density at radius 2 is 2.11 bits per heavy atom. The molecule has 2 atom stereocenters. The average molecular weight is 308 g/mol. The first-order chi connectivity index (χ1) is 8.83. The molecule has 0 aromatic rings. The van der Waals surface area contributed by atoms with Crippen LogP contribution in [0, 0.1) is 11.8 Å². The van der Waals surface area contributed by atoms with E-state index >= 15 is 0 Å². The molecule has 110 valence electrons. The van der Waals surface area contributed by atoms with E-state index in [0.29, 0.717) is 18.2 Å². The van der Waals surface area contributed by atoms with Crippen LogP contribution in [0.4, 0.5) is 0 Å². The third-order valence-corrected chi connectivity index (χ3v) is 6.41. The van der Waals surface area contributed by atoms with Gasteiger partial charge in [-0.1, -0.05) is 13.8 Å². The molecule has 1 saturated carbocycles. The molecule has 2 aliphatic rings. The molecule has 0 amide bonds. The van der Waals surface area contributed by atoms with Crippen LogP contribution in [0.3, 0.4) is 0 Å². The minimum Gasteiger partial charge on any atom is -0.480 e. The van der Waals surface area contributed by atoms with Gasteiger partial charge in [0.25, 0.3) is 10.2 Å². The quantitative estimate of drug-likeness (QED) is 0.755. The second kappa shape index (κ2) is 5.59. The lowest BCUT2D eigenvalue weighted by atomic mass is 10.2. The fraction of sp³-hybridized carbons (Fsp3) is 0.909. The summed E-state index contributed by atoms with van der Waals surface area (Å²) in [4.78, 5) is 11.2. The van der Waals surface area contributed by atoms with E-state index in [1.54, 1.807) is 0 Å². The van der Waals surface area contributed by atoms with Crippen LogP contribution in [-0.4, -0.2) is 47.5 Å². The number of hydrogen-bond donors (Lipinski definition) is 2. The van der Waals surface area contributed by atoms with Crippen LogP contribution >= 0.6 is 11.8 Å². The molecule has 0 aromatic heterocycles. The number of carbonyl (C=O) groups is 1. The molecule has 1 saturated heterocycles. The van der Waals surface area contributed by atoms with E-state index in [1.165, 1.54) is 16.1 Å². The molecule has 8 heteroatoms. The van der Waals surface area contributed by atoms with Crippen LogP contribution in [0.2, 0.25) is 0 Å². The van der Waals surface area contributed by atoms with E-state index < -0.39 is 22.2 Å². The predicted octanol–water partition coefficient (Wildman–Crippen LogP) is 0.715. The van der Waals surface area contributed by atoms with Gasteiger partial charge in [-0.2, -0.15) is 12.7 Å². The maximum atomic E-state index is 12.3. The Labute approximate surface area is 118 Å². The summed E-state index contributed by atoms with van der Waals surface area (Å²) >= 11 is 1.44. The third-order valence-electron chi connectivity index (χ3n) is 3.24. The van der Waals surface area contributed by atoms with Crippen LogP contribution in [-0.2, 0) is 15.0 Å². The normalized spacial score (nSPS) is 29.0. The summed E-state index contributed by atoms with van der Waals surface area (Å²) in [6.45, 7) is 4.15. The van der Waals surface area contributed by atoms with Crippen molar-refractivity contribution >= 4 is 27.9 Å². The fourth-order valence-corrected chi connectivity index (χ4v) is 5.85. The number of nitrogens with zero attached hydrogens (tertiary/aromatic N) is 1. The first-order valence-corrected chi connectivity index (χ1v) is 8.94. The third kappa shape index (κ3) is 3.42. The SMILES string of the molecule is CC(C)CNS(=O)(=O)N1C(C(=O)O)CSC1C1CC1. The zero-order valence-corrected chi connectivity index (χ0v) is 12.7. The number of nitrogens with one attached hydrogen (secondary N) is 1. The van der Waals surface area contributed by atoms with Crippen molar-refractivity contribution in [2.24, 2.45) is 11.8 Å². The number of carboxylic acid groups (broad SMARTS) is 1. The van der Waals surface area contributed by atoms with Crippen LogP contribution in [0.1, 0.15) is 26.7 Å². The maximum absolute atomic E-state index is 12.3. The van der Waals surface area contributed by atoms with E-state index in [1.807, 2.05) is 13.8 Å². The molecular weight excluding hydrogens is 288 g/mol. The Morgan fingerprint density at radius 1 is 1.47 bits per heavy atom. The Kier molecular flexibility index (Phi) is 4.44. The molecule has 0 bridgehead atoms. The molecule has 1 aliphatic carbocycles. The van der Waals surface area contributed by atoms with Crippen molar-refractivity contribution in [3.8, 4) is 0 Å². The van der Waals surface area contributed by atoms with Crippen molar-refractivity contribution < 1.29 is 18.3 Å². The van der Waals surface area contributed by atoms with E-state index in [0.717, 1.165) is 12.8 Å². The van der Waals surface area contributed by atoms with Gasteiger partial charge in [-0.25, -0.2) is 4.72 Å². The Hall–Kier alpha value is -0.310. The van der Waals surface area contributed by atoms with Crippen molar-refractivity contribution in [2.45, 2.75) is 38.1 Å². The Morgan fingerprint density at radius 3 is 2.58 bits per heavy atom.